The third-order valence-electron chi connectivity index (χ3n) is 3.09. The van der Waals surface area contributed by atoms with E-state index in [0.717, 1.165) is 41.0 Å². The van der Waals surface area contributed by atoms with Crippen LogP contribution in [0.4, 0.5) is 5.69 Å². The van der Waals surface area contributed by atoms with Gasteiger partial charge in [0, 0.05) is 29.3 Å². The Morgan fingerprint density at radius 3 is 2.90 bits per heavy atom. The summed E-state index contributed by atoms with van der Waals surface area (Å²) >= 11 is 3.48. The molecule has 1 aromatic heterocycles. The fraction of sp³-hybridized carbons (Fsp3) is 0.400. The van der Waals surface area contributed by atoms with Crippen LogP contribution in [0.1, 0.15) is 24.5 Å². The largest absolute Gasteiger partial charge is 0.495 e. The van der Waals surface area contributed by atoms with Gasteiger partial charge in [0.2, 0.25) is 0 Å². The molecule has 5 heteroatoms. The number of benzene rings is 1. The van der Waals surface area contributed by atoms with Crippen LogP contribution in [0.2, 0.25) is 0 Å². The summed E-state index contributed by atoms with van der Waals surface area (Å²) in [6.45, 7) is 5.91. The van der Waals surface area contributed by atoms with E-state index in [4.69, 9.17) is 4.74 Å². The highest BCUT2D eigenvalue weighted by molar-refractivity contribution is 9.10. The van der Waals surface area contributed by atoms with Gasteiger partial charge in [0.05, 0.1) is 19.0 Å². The molecule has 0 saturated carbocycles. The summed E-state index contributed by atoms with van der Waals surface area (Å²) in [4.78, 5) is 0. The number of anilines is 1. The number of nitrogens with zero attached hydrogens (tertiary/aromatic N) is 2. The molecule has 2 rings (SSSR count). The molecule has 2 aromatic rings. The number of nitrogens with one attached hydrogen (secondary N) is 1. The van der Waals surface area contributed by atoms with E-state index in [0.29, 0.717) is 0 Å². The molecule has 0 aliphatic carbocycles. The van der Waals surface area contributed by atoms with E-state index in [1.165, 1.54) is 5.56 Å². The second-order valence-corrected chi connectivity index (χ2v) is 5.68. The number of rotatable bonds is 6. The molecular formula is C15H20BrN3O. The topological polar surface area (TPSA) is 39.1 Å². The van der Waals surface area contributed by atoms with Crippen LogP contribution in [0.15, 0.2) is 29.0 Å². The van der Waals surface area contributed by atoms with Crippen molar-refractivity contribution in [3.63, 3.8) is 0 Å². The van der Waals surface area contributed by atoms with Crippen LogP contribution in [0.3, 0.4) is 0 Å². The maximum absolute atomic E-state index is 5.43. The van der Waals surface area contributed by atoms with E-state index < -0.39 is 0 Å². The predicted octanol–water partition coefficient (Wildman–Crippen LogP) is 3.98. The van der Waals surface area contributed by atoms with Crippen molar-refractivity contribution in [2.45, 2.75) is 33.4 Å². The van der Waals surface area contributed by atoms with Gasteiger partial charge in [0.15, 0.2) is 0 Å². The first-order valence-corrected chi connectivity index (χ1v) is 7.52. The van der Waals surface area contributed by atoms with Crippen LogP contribution in [0.25, 0.3) is 0 Å². The van der Waals surface area contributed by atoms with Gasteiger partial charge in [-0.2, -0.15) is 5.10 Å². The minimum atomic E-state index is 0.739. The average Bonchev–Trinajstić information content (AvgIpc) is 2.85. The minimum Gasteiger partial charge on any atom is -0.495 e. The Balaban J connectivity index is 2.10. The molecule has 0 aliphatic heterocycles. The van der Waals surface area contributed by atoms with E-state index in [9.17, 15) is 0 Å². The minimum absolute atomic E-state index is 0.739. The van der Waals surface area contributed by atoms with E-state index in [2.05, 4.69) is 52.5 Å². The Morgan fingerprint density at radius 1 is 1.40 bits per heavy atom. The number of aromatic nitrogens is 2. The van der Waals surface area contributed by atoms with Gasteiger partial charge in [0.1, 0.15) is 5.75 Å². The summed E-state index contributed by atoms with van der Waals surface area (Å²) in [5.74, 6) is 0.845. The number of hydrogen-bond acceptors (Lipinski definition) is 3. The highest BCUT2D eigenvalue weighted by Crippen LogP contribution is 2.32. The zero-order valence-electron chi connectivity index (χ0n) is 12.1. The summed E-state index contributed by atoms with van der Waals surface area (Å²) in [6.07, 6.45) is 5.08. The van der Waals surface area contributed by atoms with Crippen molar-refractivity contribution in [1.29, 1.82) is 0 Å². The van der Waals surface area contributed by atoms with Gasteiger partial charge in [-0.1, -0.05) is 22.9 Å². The summed E-state index contributed by atoms with van der Waals surface area (Å²) in [5.41, 5.74) is 3.35. The Morgan fingerprint density at radius 2 is 2.20 bits per heavy atom. The Kier molecular flexibility index (Phi) is 5.06. The molecule has 20 heavy (non-hydrogen) atoms. The van der Waals surface area contributed by atoms with Crippen LogP contribution in [0.5, 0.6) is 5.75 Å². The van der Waals surface area contributed by atoms with Gasteiger partial charge < -0.3 is 10.1 Å². The normalized spacial score (nSPS) is 10.6. The molecular weight excluding hydrogens is 318 g/mol. The van der Waals surface area contributed by atoms with Gasteiger partial charge in [-0.05, 0) is 31.0 Å². The van der Waals surface area contributed by atoms with Crippen LogP contribution in [0, 0.1) is 6.92 Å². The molecule has 4 nitrogen and oxygen atoms in total. The highest BCUT2D eigenvalue weighted by Gasteiger charge is 2.08. The monoisotopic (exact) mass is 337 g/mol. The first-order chi connectivity index (χ1) is 9.63. The number of halogens is 1. The van der Waals surface area contributed by atoms with Crippen molar-refractivity contribution in [2.75, 3.05) is 12.4 Å². The van der Waals surface area contributed by atoms with Crippen LogP contribution in [-0.4, -0.2) is 16.9 Å². The summed E-state index contributed by atoms with van der Waals surface area (Å²) in [7, 11) is 1.69. The van der Waals surface area contributed by atoms with Crippen molar-refractivity contribution >= 4 is 21.6 Å². The molecule has 1 aromatic carbocycles. The number of ether oxygens (including phenoxy) is 1. The molecule has 1 N–H and O–H groups in total. The molecule has 0 saturated heterocycles. The number of aryl methyl sites for hydroxylation is 2. The van der Waals surface area contributed by atoms with Gasteiger partial charge in [-0.3, -0.25) is 4.68 Å². The number of hydrogen-bond donors (Lipinski definition) is 1. The molecule has 0 unspecified atom stereocenters. The molecule has 108 valence electrons. The quantitative estimate of drug-likeness (QED) is 0.866. The molecule has 0 aliphatic rings. The summed E-state index contributed by atoms with van der Waals surface area (Å²) in [5, 5.41) is 7.77. The summed E-state index contributed by atoms with van der Waals surface area (Å²) < 4.78 is 8.42. The van der Waals surface area contributed by atoms with Gasteiger partial charge in [-0.25, -0.2) is 0 Å². The Hall–Kier alpha value is -1.49. The third-order valence-corrected chi connectivity index (χ3v) is 3.55. The standard InChI is InChI=1S/C15H20BrN3O/c1-4-5-19-10-12(9-18-19)8-17-15-11(2)6-13(16)7-14(15)20-3/h6-7,9-10,17H,4-5,8H2,1-3H3. The lowest BCUT2D eigenvalue weighted by Crippen LogP contribution is -2.03. The van der Waals surface area contributed by atoms with Crippen molar-refractivity contribution in [1.82, 2.24) is 9.78 Å². The predicted molar refractivity (Wildman–Crippen MR) is 85.3 cm³/mol. The average molecular weight is 338 g/mol. The lowest BCUT2D eigenvalue weighted by atomic mass is 10.2. The second-order valence-electron chi connectivity index (χ2n) is 4.77. The molecule has 0 fully saturated rings. The fourth-order valence-electron chi connectivity index (χ4n) is 2.14. The molecule has 0 radical (unpaired) electrons. The van der Waals surface area contributed by atoms with Crippen LogP contribution >= 0.6 is 15.9 Å². The smallest absolute Gasteiger partial charge is 0.143 e. The SMILES string of the molecule is CCCn1cc(CNc2c(C)cc(Br)cc2OC)cn1. The van der Waals surface area contributed by atoms with Crippen molar-refractivity contribution in [3.8, 4) is 5.75 Å². The lowest BCUT2D eigenvalue weighted by molar-refractivity contribution is 0.416. The molecule has 0 bridgehead atoms. The maximum atomic E-state index is 5.43. The highest BCUT2D eigenvalue weighted by atomic mass is 79.9. The van der Waals surface area contributed by atoms with Gasteiger partial charge >= 0.3 is 0 Å². The Labute approximate surface area is 128 Å². The second kappa shape index (κ2) is 6.79. The third kappa shape index (κ3) is 3.54. The first kappa shape index (κ1) is 14.9. The molecule has 1 heterocycles. The van der Waals surface area contributed by atoms with E-state index in [1.807, 2.05) is 16.9 Å². The van der Waals surface area contributed by atoms with Crippen LogP contribution in [-0.2, 0) is 13.1 Å². The molecule has 0 atom stereocenters. The van der Waals surface area contributed by atoms with Gasteiger partial charge in [-0.15, -0.1) is 0 Å². The van der Waals surface area contributed by atoms with Crippen molar-refractivity contribution in [3.05, 3.63) is 40.1 Å². The van der Waals surface area contributed by atoms with Crippen molar-refractivity contribution < 1.29 is 4.74 Å². The van der Waals surface area contributed by atoms with E-state index in [1.54, 1.807) is 7.11 Å². The van der Waals surface area contributed by atoms with E-state index >= 15 is 0 Å². The molecule has 0 amide bonds. The zero-order valence-corrected chi connectivity index (χ0v) is 13.7. The van der Waals surface area contributed by atoms with Gasteiger partial charge in [0.25, 0.3) is 0 Å². The van der Waals surface area contributed by atoms with Crippen molar-refractivity contribution in [2.24, 2.45) is 0 Å². The molecule has 0 spiro atoms. The lowest BCUT2D eigenvalue weighted by Gasteiger charge is -2.14. The fourth-order valence-corrected chi connectivity index (χ4v) is 2.69. The van der Waals surface area contributed by atoms with Crippen LogP contribution < -0.4 is 10.1 Å². The number of methoxy groups -OCH3 is 1. The van der Waals surface area contributed by atoms with E-state index in [-0.39, 0.29) is 0 Å². The Bertz CT molecular complexity index is 580. The summed E-state index contributed by atoms with van der Waals surface area (Å²) in [6, 6.07) is 4.04. The first-order valence-electron chi connectivity index (χ1n) is 6.73. The maximum Gasteiger partial charge on any atom is 0.143 e. The zero-order chi connectivity index (χ0) is 14.5.